The Morgan fingerprint density at radius 1 is 0.967 bits per heavy atom. The second kappa shape index (κ2) is 10.2. The number of ether oxygens (including phenoxy) is 1. The van der Waals surface area contributed by atoms with Crippen LogP contribution in [0.2, 0.25) is 15.1 Å². The van der Waals surface area contributed by atoms with Gasteiger partial charge in [-0.25, -0.2) is 0 Å². The van der Waals surface area contributed by atoms with Crippen LogP contribution in [-0.4, -0.2) is 5.91 Å². The predicted octanol–water partition coefficient (Wildman–Crippen LogP) is 6.77. The summed E-state index contributed by atoms with van der Waals surface area (Å²) in [5.41, 5.74) is 1.79. The summed E-state index contributed by atoms with van der Waals surface area (Å²) in [5.74, 6) is -0.238. The Morgan fingerprint density at radius 3 is 2.23 bits per heavy atom. The fraction of sp³-hybridized carbons (Fsp3) is 0.0435. The van der Waals surface area contributed by atoms with Crippen molar-refractivity contribution in [3.63, 3.8) is 0 Å². The van der Waals surface area contributed by atoms with Crippen molar-refractivity contribution in [3.05, 3.63) is 98.5 Å². The Bertz CT molecular complexity index is 1120. The molecule has 150 valence electrons. The number of hydrogen-bond acceptors (Lipinski definition) is 3. The zero-order chi connectivity index (χ0) is 21.5. The number of carbonyl (C=O) groups is 1. The second-order valence-electron chi connectivity index (χ2n) is 6.18. The van der Waals surface area contributed by atoms with E-state index in [1.807, 2.05) is 30.3 Å². The van der Waals surface area contributed by atoms with Crippen LogP contribution in [0, 0.1) is 11.3 Å². The molecule has 0 unspecified atom stereocenters. The van der Waals surface area contributed by atoms with Crippen molar-refractivity contribution in [2.24, 2.45) is 0 Å². The molecule has 0 aliphatic heterocycles. The number of nitriles is 1. The van der Waals surface area contributed by atoms with E-state index in [9.17, 15) is 10.1 Å². The van der Waals surface area contributed by atoms with Crippen LogP contribution < -0.4 is 10.1 Å². The Kier molecular flexibility index (Phi) is 7.37. The number of nitrogens with zero attached hydrogens (tertiary/aromatic N) is 1. The van der Waals surface area contributed by atoms with Gasteiger partial charge in [0.2, 0.25) is 0 Å². The number of halogens is 3. The molecular weight excluding hydrogens is 443 g/mol. The van der Waals surface area contributed by atoms with Gasteiger partial charge in [0.1, 0.15) is 18.2 Å². The third-order valence-corrected chi connectivity index (χ3v) is 4.99. The highest BCUT2D eigenvalue weighted by molar-refractivity contribution is 6.37. The number of rotatable bonds is 6. The molecule has 1 amide bonds. The lowest BCUT2D eigenvalue weighted by molar-refractivity contribution is -0.112. The maximum Gasteiger partial charge on any atom is 0.266 e. The molecule has 1 N–H and O–H groups in total. The van der Waals surface area contributed by atoms with E-state index in [-0.39, 0.29) is 22.2 Å². The lowest BCUT2D eigenvalue weighted by atomic mass is 10.1. The van der Waals surface area contributed by atoms with Crippen molar-refractivity contribution < 1.29 is 9.53 Å². The summed E-state index contributed by atoms with van der Waals surface area (Å²) in [6.07, 6.45) is 1.41. The molecule has 0 spiro atoms. The third kappa shape index (κ3) is 5.55. The molecule has 0 saturated carbocycles. The molecule has 30 heavy (non-hydrogen) atoms. The number of para-hydroxylation sites is 1. The summed E-state index contributed by atoms with van der Waals surface area (Å²) in [4.78, 5) is 12.4. The van der Waals surface area contributed by atoms with Crippen LogP contribution >= 0.6 is 34.8 Å². The summed E-state index contributed by atoms with van der Waals surface area (Å²) >= 11 is 18.8. The minimum absolute atomic E-state index is 0.0873. The van der Waals surface area contributed by atoms with E-state index in [1.165, 1.54) is 6.08 Å². The molecule has 0 aliphatic carbocycles. The fourth-order valence-electron chi connectivity index (χ4n) is 2.60. The molecule has 4 nitrogen and oxygen atoms in total. The zero-order valence-corrected chi connectivity index (χ0v) is 17.8. The summed E-state index contributed by atoms with van der Waals surface area (Å²) in [6.45, 7) is 0.192. The molecule has 0 aliphatic rings. The van der Waals surface area contributed by atoms with Crippen LogP contribution in [0.3, 0.4) is 0 Å². The largest absolute Gasteiger partial charge is 0.486 e. The highest BCUT2D eigenvalue weighted by Crippen LogP contribution is 2.35. The van der Waals surface area contributed by atoms with E-state index in [0.717, 1.165) is 5.56 Å². The van der Waals surface area contributed by atoms with Crippen molar-refractivity contribution in [1.29, 1.82) is 5.26 Å². The first-order chi connectivity index (χ1) is 14.5. The van der Waals surface area contributed by atoms with Crippen molar-refractivity contribution >= 4 is 52.5 Å². The van der Waals surface area contributed by atoms with Gasteiger partial charge in [-0.1, -0.05) is 71.2 Å². The molecule has 0 fully saturated rings. The molecule has 0 bridgehead atoms. The molecule has 3 aromatic rings. The van der Waals surface area contributed by atoms with E-state index in [4.69, 9.17) is 39.5 Å². The predicted molar refractivity (Wildman–Crippen MR) is 121 cm³/mol. The van der Waals surface area contributed by atoms with Gasteiger partial charge in [-0.2, -0.15) is 5.26 Å². The summed E-state index contributed by atoms with van der Waals surface area (Å²) in [5, 5.41) is 13.1. The molecular formula is C23H15Cl3N2O2. The Labute approximate surface area is 189 Å². The topological polar surface area (TPSA) is 62.1 Å². The second-order valence-corrected chi connectivity index (χ2v) is 7.41. The van der Waals surface area contributed by atoms with Crippen LogP contribution in [0.1, 0.15) is 11.1 Å². The molecule has 0 radical (unpaired) electrons. The van der Waals surface area contributed by atoms with Crippen LogP contribution in [0.15, 0.2) is 72.3 Å². The zero-order valence-electron chi connectivity index (χ0n) is 15.5. The average Bonchev–Trinajstić information content (AvgIpc) is 2.73. The molecule has 0 atom stereocenters. The van der Waals surface area contributed by atoms with E-state index in [0.29, 0.717) is 22.0 Å². The maximum absolute atomic E-state index is 12.4. The number of hydrogen-bond donors (Lipinski definition) is 1. The standard InChI is InChI=1S/C23H15Cl3N2O2/c24-19-9-5-4-6-16(19)14-30-22-20(25)11-15(12-21(22)26)10-17(13-27)23(29)28-18-7-2-1-3-8-18/h1-12H,14H2,(H,28,29)/b17-10-. The minimum atomic E-state index is -0.532. The Morgan fingerprint density at radius 2 is 1.60 bits per heavy atom. The molecule has 0 saturated heterocycles. The normalized spacial score (nSPS) is 10.9. The Balaban J connectivity index is 1.78. The molecule has 7 heteroatoms. The van der Waals surface area contributed by atoms with Crippen molar-refractivity contribution in [1.82, 2.24) is 0 Å². The summed E-state index contributed by atoms with van der Waals surface area (Å²) in [6, 6.07) is 21.2. The number of nitrogens with one attached hydrogen (secondary N) is 1. The molecule has 0 aromatic heterocycles. The fourth-order valence-corrected chi connectivity index (χ4v) is 3.40. The quantitative estimate of drug-likeness (QED) is 0.328. The maximum atomic E-state index is 12.4. The van der Waals surface area contributed by atoms with Crippen molar-refractivity contribution in [3.8, 4) is 11.8 Å². The number of anilines is 1. The first-order valence-electron chi connectivity index (χ1n) is 8.81. The third-order valence-electron chi connectivity index (χ3n) is 4.06. The summed E-state index contributed by atoms with van der Waals surface area (Å²) in [7, 11) is 0. The van der Waals surface area contributed by atoms with Gasteiger partial charge in [0.05, 0.1) is 10.0 Å². The average molecular weight is 458 g/mol. The van der Waals surface area contributed by atoms with Gasteiger partial charge in [-0.05, 0) is 42.0 Å². The van der Waals surface area contributed by atoms with Gasteiger partial charge in [0.15, 0.2) is 5.75 Å². The highest BCUT2D eigenvalue weighted by Gasteiger charge is 2.13. The number of benzene rings is 3. The van der Waals surface area contributed by atoms with Gasteiger partial charge in [-0.3, -0.25) is 4.79 Å². The first kappa shape index (κ1) is 21.7. The molecule has 3 rings (SSSR count). The minimum Gasteiger partial charge on any atom is -0.486 e. The van der Waals surface area contributed by atoms with Crippen LogP contribution in [-0.2, 0) is 11.4 Å². The van der Waals surface area contributed by atoms with E-state index in [2.05, 4.69) is 5.32 Å². The van der Waals surface area contributed by atoms with E-state index < -0.39 is 5.91 Å². The SMILES string of the molecule is N#C/C(=C/c1cc(Cl)c(OCc2ccccc2Cl)c(Cl)c1)C(=O)Nc1ccccc1. The van der Waals surface area contributed by atoms with Crippen molar-refractivity contribution in [2.45, 2.75) is 6.61 Å². The first-order valence-corrected chi connectivity index (χ1v) is 9.95. The van der Waals surface area contributed by atoms with Gasteiger partial charge in [0.25, 0.3) is 5.91 Å². The van der Waals surface area contributed by atoms with E-state index in [1.54, 1.807) is 42.5 Å². The van der Waals surface area contributed by atoms with Gasteiger partial charge in [-0.15, -0.1) is 0 Å². The van der Waals surface area contributed by atoms with Crippen LogP contribution in [0.25, 0.3) is 6.08 Å². The van der Waals surface area contributed by atoms with Crippen molar-refractivity contribution in [2.75, 3.05) is 5.32 Å². The summed E-state index contributed by atoms with van der Waals surface area (Å²) < 4.78 is 5.73. The van der Waals surface area contributed by atoms with E-state index >= 15 is 0 Å². The highest BCUT2D eigenvalue weighted by atomic mass is 35.5. The van der Waals surface area contributed by atoms with Crippen LogP contribution in [0.5, 0.6) is 5.75 Å². The monoisotopic (exact) mass is 456 g/mol. The number of amides is 1. The molecule has 0 heterocycles. The Hall–Kier alpha value is -2.97. The smallest absolute Gasteiger partial charge is 0.266 e. The van der Waals surface area contributed by atoms with Gasteiger partial charge in [0, 0.05) is 16.3 Å². The molecule has 3 aromatic carbocycles. The lowest BCUT2D eigenvalue weighted by Crippen LogP contribution is -2.13. The van der Waals surface area contributed by atoms with Gasteiger partial charge < -0.3 is 10.1 Å². The number of carbonyl (C=O) groups excluding carboxylic acids is 1. The van der Waals surface area contributed by atoms with Crippen LogP contribution in [0.4, 0.5) is 5.69 Å². The lowest BCUT2D eigenvalue weighted by Gasteiger charge is -2.12. The van der Waals surface area contributed by atoms with Gasteiger partial charge >= 0.3 is 0 Å².